The van der Waals surface area contributed by atoms with Crippen molar-refractivity contribution in [1.82, 2.24) is 19.7 Å². The molecule has 2 heterocycles. The van der Waals surface area contributed by atoms with Gasteiger partial charge < -0.3 is 15.5 Å². The Balaban J connectivity index is 1.46. The highest BCUT2D eigenvalue weighted by Crippen LogP contribution is 2.30. The van der Waals surface area contributed by atoms with Crippen LogP contribution in [0.3, 0.4) is 0 Å². The SMILES string of the molecule is COc1cccc(CSc2nnc(C(N)Cc3c[nH]c4ccccc34)n2-c2ccc(C)cc2)c1. The number of fused-ring (bicyclic) bond motifs is 1. The van der Waals surface area contributed by atoms with Crippen molar-refractivity contribution in [3.8, 4) is 11.4 Å². The standard InChI is InChI=1S/C27H27N5OS/c1-18-10-12-21(13-11-18)32-26(24(28)15-20-16-29-25-9-4-3-8-23(20)25)30-31-27(32)34-17-19-6-5-7-22(14-19)33-2/h3-14,16,24,29H,15,17,28H2,1-2H3. The van der Waals surface area contributed by atoms with E-state index in [1.807, 2.05) is 36.5 Å². The smallest absolute Gasteiger partial charge is 0.196 e. The Morgan fingerprint density at radius 1 is 1.03 bits per heavy atom. The summed E-state index contributed by atoms with van der Waals surface area (Å²) in [6, 6.07) is 24.4. The summed E-state index contributed by atoms with van der Waals surface area (Å²) in [5, 5.41) is 11.1. The highest BCUT2D eigenvalue weighted by molar-refractivity contribution is 7.98. The van der Waals surface area contributed by atoms with E-state index in [-0.39, 0.29) is 6.04 Å². The van der Waals surface area contributed by atoms with Crippen LogP contribution in [0.25, 0.3) is 16.6 Å². The zero-order chi connectivity index (χ0) is 23.5. The Morgan fingerprint density at radius 3 is 2.68 bits per heavy atom. The van der Waals surface area contributed by atoms with Crippen molar-refractivity contribution < 1.29 is 4.74 Å². The number of aryl methyl sites for hydroxylation is 1. The van der Waals surface area contributed by atoms with Crippen molar-refractivity contribution in [2.45, 2.75) is 30.3 Å². The first-order valence-corrected chi connectivity index (χ1v) is 12.2. The topological polar surface area (TPSA) is 81.8 Å². The summed E-state index contributed by atoms with van der Waals surface area (Å²) in [6.07, 6.45) is 2.70. The van der Waals surface area contributed by atoms with Crippen LogP contribution in [-0.2, 0) is 12.2 Å². The second-order valence-corrected chi connectivity index (χ2v) is 9.26. The molecule has 3 N–H and O–H groups in total. The number of nitrogens with zero attached hydrogens (tertiary/aromatic N) is 3. The lowest BCUT2D eigenvalue weighted by atomic mass is 10.0. The highest BCUT2D eigenvalue weighted by Gasteiger charge is 2.21. The minimum Gasteiger partial charge on any atom is -0.497 e. The molecule has 0 aliphatic carbocycles. The molecule has 7 heteroatoms. The molecule has 0 bridgehead atoms. The van der Waals surface area contributed by atoms with Gasteiger partial charge in [0.1, 0.15) is 5.75 Å². The van der Waals surface area contributed by atoms with E-state index in [0.29, 0.717) is 6.42 Å². The van der Waals surface area contributed by atoms with Crippen LogP contribution in [0.15, 0.2) is 84.1 Å². The van der Waals surface area contributed by atoms with Gasteiger partial charge in [0, 0.05) is 28.5 Å². The molecule has 1 unspecified atom stereocenters. The number of thioether (sulfide) groups is 1. The van der Waals surface area contributed by atoms with Crippen LogP contribution in [0.2, 0.25) is 0 Å². The van der Waals surface area contributed by atoms with E-state index >= 15 is 0 Å². The van der Waals surface area contributed by atoms with Crippen LogP contribution in [-0.4, -0.2) is 26.9 Å². The lowest BCUT2D eigenvalue weighted by Gasteiger charge is -2.15. The molecular formula is C27H27N5OS. The van der Waals surface area contributed by atoms with Crippen LogP contribution in [0.4, 0.5) is 0 Å². The van der Waals surface area contributed by atoms with Crippen LogP contribution in [0.1, 0.15) is 28.6 Å². The molecular weight excluding hydrogens is 442 g/mol. The average Bonchev–Trinajstić information content (AvgIpc) is 3.48. The number of aromatic nitrogens is 4. The normalized spacial score (nSPS) is 12.2. The predicted octanol–water partition coefficient (Wildman–Crippen LogP) is 5.60. The monoisotopic (exact) mass is 469 g/mol. The van der Waals surface area contributed by atoms with Gasteiger partial charge in [0.25, 0.3) is 0 Å². The van der Waals surface area contributed by atoms with Gasteiger partial charge in [0.15, 0.2) is 11.0 Å². The van der Waals surface area contributed by atoms with Gasteiger partial charge in [-0.05, 0) is 54.8 Å². The number of nitrogens with two attached hydrogens (primary N) is 1. The summed E-state index contributed by atoms with van der Waals surface area (Å²) in [6.45, 7) is 2.08. The summed E-state index contributed by atoms with van der Waals surface area (Å²) in [7, 11) is 1.68. The second-order valence-electron chi connectivity index (χ2n) is 8.32. The Hall–Kier alpha value is -3.55. The van der Waals surface area contributed by atoms with Crippen molar-refractivity contribution in [3.63, 3.8) is 0 Å². The first-order valence-electron chi connectivity index (χ1n) is 11.2. The first-order chi connectivity index (χ1) is 16.6. The molecule has 0 fully saturated rings. The minimum absolute atomic E-state index is 0.306. The number of hydrogen-bond acceptors (Lipinski definition) is 5. The zero-order valence-electron chi connectivity index (χ0n) is 19.2. The Kier molecular flexibility index (Phi) is 6.38. The number of methoxy groups -OCH3 is 1. The zero-order valence-corrected chi connectivity index (χ0v) is 20.0. The molecule has 3 aromatic carbocycles. The van der Waals surface area contributed by atoms with E-state index < -0.39 is 0 Å². The molecule has 5 aromatic rings. The molecule has 34 heavy (non-hydrogen) atoms. The summed E-state index contributed by atoms with van der Waals surface area (Å²) in [4.78, 5) is 3.34. The summed E-state index contributed by atoms with van der Waals surface area (Å²) in [5.41, 5.74) is 12.4. The molecule has 0 aliphatic rings. The van der Waals surface area contributed by atoms with E-state index in [1.54, 1.807) is 18.9 Å². The number of benzene rings is 3. The molecule has 5 rings (SSSR count). The van der Waals surface area contributed by atoms with Gasteiger partial charge in [0.2, 0.25) is 0 Å². The van der Waals surface area contributed by atoms with E-state index in [2.05, 4.69) is 69.1 Å². The summed E-state index contributed by atoms with van der Waals surface area (Å²) >= 11 is 1.64. The van der Waals surface area contributed by atoms with Crippen molar-refractivity contribution in [2.75, 3.05) is 7.11 Å². The van der Waals surface area contributed by atoms with Crippen molar-refractivity contribution in [1.29, 1.82) is 0 Å². The summed E-state index contributed by atoms with van der Waals surface area (Å²) in [5.74, 6) is 2.35. The van der Waals surface area contributed by atoms with Crippen molar-refractivity contribution >= 4 is 22.7 Å². The van der Waals surface area contributed by atoms with Gasteiger partial charge in [-0.3, -0.25) is 4.57 Å². The van der Waals surface area contributed by atoms with E-state index in [9.17, 15) is 0 Å². The molecule has 172 valence electrons. The Labute approximate surface area is 203 Å². The first kappa shape index (κ1) is 22.3. The lowest BCUT2D eigenvalue weighted by molar-refractivity contribution is 0.414. The molecule has 0 saturated carbocycles. The van der Waals surface area contributed by atoms with Gasteiger partial charge in [-0.15, -0.1) is 10.2 Å². The maximum absolute atomic E-state index is 6.74. The second kappa shape index (κ2) is 9.75. The van der Waals surface area contributed by atoms with Gasteiger partial charge in [-0.1, -0.05) is 59.8 Å². The molecule has 0 radical (unpaired) electrons. The fraction of sp³-hybridized carbons (Fsp3) is 0.185. The van der Waals surface area contributed by atoms with E-state index in [1.165, 1.54) is 16.5 Å². The van der Waals surface area contributed by atoms with Gasteiger partial charge in [-0.2, -0.15) is 0 Å². The third-order valence-corrected chi connectivity index (χ3v) is 6.90. The van der Waals surface area contributed by atoms with Gasteiger partial charge in [-0.25, -0.2) is 0 Å². The number of aromatic amines is 1. The highest BCUT2D eigenvalue weighted by atomic mass is 32.2. The number of ether oxygens (including phenoxy) is 1. The summed E-state index contributed by atoms with van der Waals surface area (Å²) < 4.78 is 7.45. The Bertz CT molecular complexity index is 1410. The van der Waals surface area contributed by atoms with E-state index in [0.717, 1.165) is 39.3 Å². The molecule has 2 aromatic heterocycles. The van der Waals surface area contributed by atoms with Crippen molar-refractivity contribution in [2.24, 2.45) is 5.73 Å². The van der Waals surface area contributed by atoms with E-state index in [4.69, 9.17) is 10.5 Å². The van der Waals surface area contributed by atoms with Crippen LogP contribution < -0.4 is 10.5 Å². The molecule has 1 atom stereocenters. The third kappa shape index (κ3) is 4.58. The maximum Gasteiger partial charge on any atom is 0.196 e. The van der Waals surface area contributed by atoms with Crippen LogP contribution in [0.5, 0.6) is 5.75 Å². The van der Waals surface area contributed by atoms with Crippen molar-refractivity contribution in [3.05, 3.63) is 102 Å². The third-order valence-electron chi connectivity index (χ3n) is 5.90. The number of rotatable bonds is 8. The number of H-pyrrole nitrogens is 1. The van der Waals surface area contributed by atoms with Gasteiger partial charge in [0.05, 0.1) is 13.2 Å². The molecule has 0 saturated heterocycles. The maximum atomic E-state index is 6.74. The number of hydrogen-bond donors (Lipinski definition) is 2. The number of para-hydroxylation sites is 1. The molecule has 0 spiro atoms. The lowest BCUT2D eigenvalue weighted by Crippen LogP contribution is -2.18. The van der Waals surface area contributed by atoms with Crippen LogP contribution >= 0.6 is 11.8 Å². The molecule has 0 aliphatic heterocycles. The Morgan fingerprint density at radius 2 is 1.85 bits per heavy atom. The fourth-order valence-electron chi connectivity index (χ4n) is 4.09. The quantitative estimate of drug-likeness (QED) is 0.289. The average molecular weight is 470 g/mol. The van der Waals surface area contributed by atoms with Crippen LogP contribution in [0, 0.1) is 6.92 Å². The molecule has 6 nitrogen and oxygen atoms in total. The predicted molar refractivity (Wildman–Crippen MR) is 138 cm³/mol. The number of nitrogens with one attached hydrogen (secondary N) is 1. The largest absolute Gasteiger partial charge is 0.497 e. The minimum atomic E-state index is -0.306. The fourth-order valence-corrected chi connectivity index (χ4v) is 4.99. The van der Waals surface area contributed by atoms with Gasteiger partial charge >= 0.3 is 0 Å². The molecule has 0 amide bonds.